The number of amides is 1. The number of nitrogens with zero attached hydrogens (tertiary/aromatic N) is 3. The van der Waals surface area contributed by atoms with Crippen LogP contribution in [-0.2, 0) is 11.3 Å². The summed E-state index contributed by atoms with van der Waals surface area (Å²) in [5, 5.41) is 11.9. The maximum Gasteiger partial charge on any atom is 0.238 e. The molecule has 1 heterocycles. The number of anilines is 1. The number of nitrogens with one attached hydrogen (secondary N) is 1. The Hall–Kier alpha value is -2.68. The number of para-hydroxylation sites is 1. The third kappa shape index (κ3) is 5.15. The van der Waals surface area contributed by atoms with E-state index in [2.05, 4.69) is 27.3 Å². The van der Waals surface area contributed by atoms with E-state index < -0.39 is 0 Å². The highest BCUT2D eigenvalue weighted by atomic mass is 16.2. The first-order chi connectivity index (χ1) is 12.2. The molecule has 5 nitrogen and oxygen atoms in total. The van der Waals surface area contributed by atoms with Gasteiger partial charge in [0.25, 0.3) is 0 Å². The number of rotatable bonds is 5. The molecule has 1 saturated heterocycles. The summed E-state index contributed by atoms with van der Waals surface area (Å²) in [6.07, 6.45) is 0. The number of benzene rings is 2. The van der Waals surface area contributed by atoms with Crippen LogP contribution in [-0.4, -0.2) is 48.4 Å². The summed E-state index contributed by atoms with van der Waals surface area (Å²) in [7, 11) is 0. The van der Waals surface area contributed by atoms with Gasteiger partial charge in [0.05, 0.1) is 18.2 Å². The molecule has 128 valence electrons. The van der Waals surface area contributed by atoms with Crippen LogP contribution in [0.2, 0.25) is 0 Å². The molecule has 0 radical (unpaired) electrons. The van der Waals surface area contributed by atoms with E-state index in [4.69, 9.17) is 5.26 Å². The van der Waals surface area contributed by atoms with Gasteiger partial charge >= 0.3 is 0 Å². The molecule has 0 aliphatic carbocycles. The molecule has 1 fully saturated rings. The molecule has 1 N–H and O–H groups in total. The van der Waals surface area contributed by atoms with Crippen molar-refractivity contribution in [1.29, 1.82) is 5.26 Å². The zero-order valence-electron chi connectivity index (χ0n) is 14.2. The lowest BCUT2D eigenvalue weighted by Gasteiger charge is -2.34. The minimum absolute atomic E-state index is 0.0290. The van der Waals surface area contributed by atoms with Crippen molar-refractivity contribution in [3.8, 4) is 6.07 Å². The quantitative estimate of drug-likeness (QED) is 0.912. The van der Waals surface area contributed by atoms with Gasteiger partial charge in [-0.2, -0.15) is 5.26 Å². The van der Waals surface area contributed by atoms with E-state index in [1.54, 1.807) is 0 Å². The van der Waals surface area contributed by atoms with Crippen LogP contribution in [0.1, 0.15) is 11.1 Å². The highest BCUT2D eigenvalue weighted by Gasteiger charge is 2.19. The summed E-state index contributed by atoms with van der Waals surface area (Å²) < 4.78 is 0. The zero-order valence-corrected chi connectivity index (χ0v) is 14.2. The number of carbonyl (C=O) groups excluding carboxylic acids is 1. The predicted octanol–water partition coefficient (Wildman–Crippen LogP) is 2.31. The molecule has 2 aromatic carbocycles. The molecule has 0 unspecified atom stereocenters. The third-order valence-corrected chi connectivity index (χ3v) is 4.35. The van der Waals surface area contributed by atoms with Crippen molar-refractivity contribution in [2.24, 2.45) is 0 Å². The topological polar surface area (TPSA) is 59.4 Å². The molecule has 0 bridgehead atoms. The maximum absolute atomic E-state index is 12.1. The first kappa shape index (κ1) is 17.2. The summed E-state index contributed by atoms with van der Waals surface area (Å²) >= 11 is 0. The number of carbonyl (C=O) groups is 1. The number of hydrogen-bond acceptors (Lipinski definition) is 4. The molecule has 0 aromatic heterocycles. The number of hydrogen-bond donors (Lipinski definition) is 1. The molecular weight excluding hydrogens is 312 g/mol. The molecule has 25 heavy (non-hydrogen) atoms. The molecule has 1 amide bonds. The first-order valence-corrected chi connectivity index (χ1v) is 8.51. The standard InChI is InChI=1S/C20H22N4O/c21-14-17-5-4-6-18(13-17)15-23-9-11-24(12-10-23)16-20(25)22-19-7-2-1-3-8-19/h1-8,13H,9-12,15-16H2,(H,22,25). The summed E-state index contributed by atoms with van der Waals surface area (Å²) in [5.74, 6) is 0.0290. The molecule has 1 aliphatic heterocycles. The van der Waals surface area contributed by atoms with Crippen molar-refractivity contribution >= 4 is 11.6 Å². The van der Waals surface area contributed by atoms with Gasteiger partial charge in [0.1, 0.15) is 0 Å². The fourth-order valence-corrected chi connectivity index (χ4v) is 3.03. The SMILES string of the molecule is N#Cc1cccc(CN2CCN(CC(=O)Nc3ccccc3)CC2)c1. The fourth-order valence-electron chi connectivity index (χ4n) is 3.03. The van der Waals surface area contributed by atoms with E-state index >= 15 is 0 Å². The summed E-state index contributed by atoms with van der Waals surface area (Å²) in [5.41, 5.74) is 2.70. The van der Waals surface area contributed by atoms with Gasteiger partial charge in [-0.1, -0.05) is 30.3 Å². The van der Waals surface area contributed by atoms with Crippen LogP contribution in [0.25, 0.3) is 0 Å². The van der Waals surface area contributed by atoms with Crippen molar-refractivity contribution in [3.63, 3.8) is 0 Å². The molecule has 3 rings (SSSR count). The van der Waals surface area contributed by atoms with Crippen molar-refractivity contribution in [3.05, 3.63) is 65.7 Å². The number of piperazine rings is 1. The van der Waals surface area contributed by atoms with Gasteiger partial charge in [-0.25, -0.2) is 0 Å². The van der Waals surface area contributed by atoms with Crippen molar-refractivity contribution in [2.75, 3.05) is 38.0 Å². The van der Waals surface area contributed by atoms with Gasteiger partial charge in [-0.15, -0.1) is 0 Å². The van der Waals surface area contributed by atoms with E-state index in [1.165, 1.54) is 0 Å². The molecule has 5 heteroatoms. The van der Waals surface area contributed by atoms with Gasteiger partial charge in [-0.05, 0) is 29.8 Å². The van der Waals surface area contributed by atoms with Crippen molar-refractivity contribution in [2.45, 2.75) is 6.54 Å². The Kier molecular flexibility index (Phi) is 5.78. The molecule has 1 aliphatic rings. The van der Waals surface area contributed by atoms with Gasteiger partial charge in [-0.3, -0.25) is 14.6 Å². The van der Waals surface area contributed by atoms with E-state index in [1.807, 2.05) is 48.5 Å². The van der Waals surface area contributed by atoms with Gasteiger partial charge in [0.2, 0.25) is 5.91 Å². The normalized spacial score (nSPS) is 15.5. The van der Waals surface area contributed by atoms with Crippen molar-refractivity contribution in [1.82, 2.24) is 9.80 Å². The predicted molar refractivity (Wildman–Crippen MR) is 97.9 cm³/mol. The molecule has 0 saturated carbocycles. The highest BCUT2D eigenvalue weighted by molar-refractivity contribution is 5.92. The Morgan fingerprint density at radius 2 is 1.72 bits per heavy atom. The van der Waals surface area contributed by atoms with Gasteiger partial charge in [0.15, 0.2) is 0 Å². The Morgan fingerprint density at radius 3 is 2.44 bits per heavy atom. The zero-order chi connectivity index (χ0) is 17.5. The van der Waals surface area contributed by atoms with Crippen LogP contribution in [0.5, 0.6) is 0 Å². The maximum atomic E-state index is 12.1. The van der Waals surface area contributed by atoms with E-state index in [0.29, 0.717) is 12.1 Å². The summed E-state index contributed by atoms with van der Waals surface area (Å²) in [6, 6.07) is 19.5. The lowest BCUT2D eigenvalue weighted by Crippen LogP contribution is -2.48. The van der Waals surface area contributed by atoms with Crippen LogP contribution in [0.4, 0.5) is 5.69 Å². The van der Waals surface area contributed by atoms with Crippen LogP contribution in [0, 0.1) is 11.3 Å². The second kappa shape index (κ2) is 8.43. The third-order valence-electron chi connectivity index (χ3n) is 4.35. The highest BCUT2D eigenvalue weighted by Crippen LogP contribution is 2.11. The van der Waals surface area contributed by atoms with Gasteiger partial charge < -0.3 is 5.32 Å². The lowest BCUT2D eigenvalue weighted by atomic mass is 10.1. The van der Waals surface area contributed by atoms with E-state index in [0.717, 1.165) is 44.0 Å². The minimum atomic E-state index is 0.0290. The molecular formula is C20H22N4O. The van der Waals surface area contributed by atoms with Crippen LogP contribution in [0.3, 0.4) is 0 Å². The largest absolute Gasteiger partial charge is 0.325 e. The molecule has 2 aromatic rings. The Bertz CT molecular complexity index is 746. The smallest absolute Gasteiger partial charge is 0.238 e. The monoisotopic (exact) mass is 334 g/mol. The number of nitriles is 1. The second-order valence-electron chi connectivity index (χ2n) is 6.28. The Morgan fingerprint density at radius 1 is 1.00 bits per heavy atom. The lowest BCUT2D eigenvalue weighted by molar-refractivity contribution is -0.117. The summed E-state index contributed by atoms with van der Waals surface area (Å²) in [4.78, 5) is 16.7. The Balaban J connectivity index is 1.44. The van der Waals surface area contributed by atoms with Gasteiger partial charge in [0, 0.05) is 38.4 Å². The second-order valence-corrected chi connectivity index (χ2v) is 6.28. The Labute approximate surface area is 148 Å². The van der Waals surface area contributed by atoms with E-state index in [-0.39, 0.29) is 5.91 Å². The minimum Gasteiger partial charge on any atom is -0.325 e. The fraction of sp³-hybridized carbons (Fsp3) is 0.300. The van der Waals surface area contributed by atoms with Crippen LogP contribution in [0.15, 0.2) is 54.6 Å². The first-order valence-electron chi connectivity index (χ1n) is 8.51. The van der Waals surface area contributed by atoms with Crippen LogP contribution < -0.4 is 5.32 Å². The average molecular weight is 334 g/mol. The average Bonchev–Trinajstić information content (AvgIpc) is 2.64. The summed E-state index contributed by atoms with van der Waals surface area (Å²) in [6.45, 7) is 4.87. The van der Waals surface area contributed by atoms with E-state index in [9.17, 15) is 4.79 Å². The van der Waals surface area contributed by atoms with Crippen LogP contribution >= 0.6 is 0 Å². The van der Waals surface area contributed by atoms with Crippen molar-refractivity contribution < 1.29 is 4.79 Å². The molecule has 0 spiro atoms. The molecule has 0 atom stereocenters.